The van der Waals surface area contributed by atoms with E-state index in [4.69, 9.17) is 4.74 Å². The maximum Gasteiger partial charge on any atom is 3.00 e. The second kappa shape index (κ2) is 16.7. The Balaban J connectivity index is -0.0000000450. The zero-order valence-electron chi connectivity index (χ0n) is 5.22. The summed E-state index contributed by atoms with van der Waals surface area (Å²) in [6.45, 7) is 3.83. The van der Waals surface area contributed by atoms with Crippen LogP contribution in [0.5, 0.6) is 0 Å². The Kier molecular flexibility index (Phi) is 37.6. The molecule has 0 aromatic heterocycles. The molecule has 0 spiro atoms. The molecule has 0 unspecified atom stereocenters. The van der Waals surface area contributed by atoms with Crippen molar-refractivity contribution in [2.24, 2.45) is 0 Å². The van der Waals surface area contributed by atoms with Crippen molar-refractivity contribution in [2.75, 3.05) is 26.3 Å². The number of nitrogens with one attached hydrogen (secondary N) is 1. The van der Waals surface area contributed by atoms with Gasteiger partial charge in [-0.1, -0.05) is 0 Å². The molecule has 1 saturated heterocycles. The molecule has 1 aliphatic heterocycles. The fraction of sp³-hybridized carbons (Fsp3) is 1.00. The van der Waals surface area contributed by atoms with Crippen LogP contribution in [0.1, 0.15) is 0 Å². The van der Waals surface area contributed by atoms with Crippen LogP contribution >= 0.6 is 0 Å². The Morgan fingerprint density at radius 2 is 1.30 bits per heavy atom. The Morgan fingerprint density at radius 3 is 1.40 bits per heavy atom. The van der Waals surface area contributed by atoms with E-state index in [1.54, 1.807) is 0 Å². The molecule has 0 aromatic rings. The van der Waals surface area contributed by atoms with E-state index < -0.39 is 0 Å². The van der Waals surface area contributed by atoms with Crippen molar-refractivity contribution >= 4 is 0 Å². The monoisotopic (exact) mass is 248 g/mol. The minimum absolute atomic E-state index is 0. The number of rotatable bonds is 0. The smallest absolute Gasteiger partial charge is 1.00 e. The third-order valence-electron chi connectivity index (χ3n) is 0.846. The first-order valence-corrected chi connectivity index (χ1v) is 2.28. The summed E-state index contributed by atoms with van der Waals surface area (Å²) < 4.78 is 5.01. The van der Waals surface area contributed by atoms with E-state index >= 15 is 0 Å². The second-order valence-electron chi connectivity index (χ2n) is 1.36. The van der Waals surface area contributed by atoms with Crippen LogP contribution in [0.3, 0.4) is 0 Å². The van der Waals surface area contributed by atoms with Gasteiger partial charge in [0.15, 0.2) is 0 Å². The van der Waals surface area contributed by atoms with Crippen molar-refractivity contribution in [3.8, 4) is 0 Å². The van der Waals surface area contributed by atoms with Gasteiger partial charge in [0.25, 0.3) is 0 Å². The van der Waals surface area contributed by atoms with Gasteiger partial charge in [-0.2, -0.15) is 0 Å². The molecule has 10 heavy (non-hydrogen) atoms. The van der Waals surface area contributed by atoms with Crippen LogP contribution in [0.15, 0.2) is 0 Å². The summed E-state index contributed by atoms with van der Waals surface area (Å²) in [5.41, 5.74) is 0. The molecule has 6 heteroatoms. The summed E-state index contributed by atoms with van der Waals surface area (Å²) in [4.78, 5) is 0. The minimum atomic E-state index is 0. The van der Waals surface area contributed by atoms with Gasteiger partial charge < -0.3 is 47.3 Å². The molecule has 1 heterocycles. The molecule has 0 saturated carbocycles. The van der Waals surface area contributed by atoms with Crippen molar-refractivity contribution in [2.45, 2.75) is 0 Å². The van der Waals surface area contributed by atoms with Crippen LogP contribution in [0.25, 0.3) is 0 Å². The average Bonchev–Trinajstić information content (AvgIpc) is 1.72. The first kappa shape index (κ1) is 22.5. The van der Waals surface area contributed by atoms with E-state index in [1.165, 1.54) is 0 Å². The molecule has 1 radical (unpaired) electrons. The fourth-order valence-electron chi connectivity index (χ4n) is 0.516. The molecule has 1 aliphatic rings. The first-order valence-electron chi connectivity index (χ1n) is 2.28. The zero-order valence-corrected chi connectivity index (χ0v) is 8.60. The molecular weight excluding hydrogens is 240 g/mol. The van der Waals surface area contributed by atoms with Crippen molar-refractivity contribution in [3.63, 3.8) is 0 Å². The van der Waals surface area contributed by atoms with E-state index in [0.717, 1.165) is 26.3 Å². The molecule has 0 atom stereocenters. The Labute approximate surface area is 90.5 Å². The number of ether oxygens (including phenoxy) is 1. The summed E-state index contributed by atoms with van der Waals surface area (Å²) in [7, 11) is 0. The average molecular weight is 249 g/mol. The van der Waals surface area contributed by atoms with E-state index in [1.807, 2.05) is 0 Å². The molecule has 0 amide bonds. The van der Waals surface area contributed by atoms with Gasteiger partial charge in [-0.3, -0.25) is 0 Å². The summed E-state index contributed by atoms with van der Waals surface area (Å²) in [5, 5.41) is 3.16. The van der Waals surface area contributed by atoms with Crippen LogP contribution in [0.4, 0.5) is 0 Å². The van der Waals surface area contributed by atoms with Crippen molar-refractivity contribution in [3.05, 3.63) is 0 Å². The fourth-order valence-corrected chi connectivity index (χ4v) is 0.516. The summed E-state index contributed by atoms with van der Waals surface area (Å²) >= 11 is 0. The number of morpholine rings is 1. The van der Waals surface area contributed by atoms with E-state index in [9.17, 15) is 0 Å². The van der Waals surface area contributed by atoms with Gasteiger partial charge in [-0.25, -0.2) is 0 Å². The summed E-state index contributed by atoms with van der Waals surface area (Å²) in [6.07, 6.45) is 0. The predicted octanol–water partition coefficient (Wildman–Crippen LogP) is -9.38. The molecule has 65 valence electrons. The van der Waals surface area contributed by atoms with Gasteiger partial charge in [0.2, 0.25) is 0 Å². The Hall–Kier alpha value is 1.31. The molecule has 1 rings (SSSR count). The van der Waals surface area contributed by atoms with Crippen LogP contribution in [-0.4, -0.2) is 26.3 Å². The molecule has 0 aliphatic carbocycles. The second-order valence-corrected chi connectivity index (χ2v) is 1.36. The van der Waals surface area contributed by atoms with Crippen LogP contribution < -0.4 is 42.5 Å². The zero-order chi connectivity index (χ0) is 4.24. The van der Waals surface area contributed by atoms with Gasteiger partial charge in [0, 0.05) is 13.1 Å². The quantitative estimate of drug-likeness (QED) is 0.431. The van der Waals surface area contributed by atoms with Crippen molar-refractivity contribution < 1.29 is 59.0 Å². The largest absolute Gasteiger partial charge is 3.00 e. The van der Waals surface area contributed by atoms with Crippen LogP contribution in [0.2, 0.25) is 0 Å². The molecule has 0 bridgehead atoms. The predicted molar refractivity (Wildman–Crippen MR) is 23.7 cm³/mol. The molecule has 0 aromatic carbocycles. The van der Waals surface area contributed by atoms with Gasteiger partial charge in [0.1, 0.15) is 0 Å². The summed E-state index contributed by atoms with van der Waals surface area (Å²) in [6, 6.07) is 0. The number of halogens is 3. The van der Waals surface area contributed by atoms with Gasteiger partial charge in [0.05, 0.1) is 13.2 Å². The molecule has 2 nitrogen and oxygen atoms in total. The van der Waals surface area contributed by atoms with E-state index in [0.29, 0.717) is 0 Å². The van der Waals surface area contributed by atoms with Gasteiger partial charge in [-0.05, 0) is 0 Å². The third kappa shape index (κ3) is 12.0. The number of hydrogen-bond donors (Lipinski definition) is 1. The molecule has 1 N–H and O–H groups in total. The maximum absolute atomic E-state index is 5.01. The van der Waals surface area contributed by atoms with Crippen molar-refractivity contribution in [1.82, 2.24) is 5.32 Å². The Morgan fingerprint density at radius 1 is 0.900 bits per heavy atom. The first-order chi connectivity index (χ1) is 3.00. The number of hydrogen-bond acceptors (Lipinski definition) is 2. The topological polar surface area (TPSA) is 21.3 Å². The van der Waals surface area contributed by atoms with E-state index in [2.05, 4.69) is 5.32 Å². The van der Waals surface area contributed by atoms with Gasteiger partial charge in [-0.15, -0.1) is 0 Å². The third-order valence-corrected chi connectivity index (χ3v) is 0.846. The minimum Gasteiger partial charge on any atom is -1.00 e. The molecular formula is C4H9Cl3FeNO. The Bertz CT molecular complexity index is 36.0. The summed E-state index contributed by atoms with van der Waals surface area (Å²) in [5.74, 6) is 0. The van der Waals surface area contributed by atoms with Crippen LogP contribution in [-0.2, 0) is 21.8 Å². The van der Waals surface area contributed by atoms with Crippen molar-refractivity contribution in [1.29, 1.82) is 0 Å². The standard InChI is InChI=1S/C4H9NO.3ClH.Fe/c1-3-6-4-2-5-1;;;;/h5H,1-4H2;3*1H;/q;;;;+3/p-3. The van der Waals surface area contributed by atoms with E-state index in [-0.39, 0.29) is 54.3 Å². The van der Waals surface area contributed by atoms with Gasteiger partial charge >= 0.3 is 17.1 Å². The normalized spacial score (nSPS) is 14.4. The maximum atomic E-state index is 5.01. The molecule has 1 fully saturated rings. The SMILES string of the molecule is C1COCCN1.[Cl-].[Cl-].[Cl-].[Fe+3]. The van der Waals surface area contributed by atoms with Crippen LogP contribution in [0, 0.1) is 0 Å².